The Labute approximate surface area is 122 Å². The molecule has 1 aliphatic rings. The van der Waals surface area contributed by atoms with E-state index in [2.05, 4.69) is 4.98 Å². The molecule has 1 unspecified atom stereocenters. The van der Waals surface area contributed by atoms with Crippen molar-refractivity contribution in [2.45, 2.75) is 34.3 Å². The number of fused-ring (bicyclic) bond motifs is 1. The Morgan fingerprint density at radius 3 is 2.95 bits per heavy atom. The lowest BCUT2D eigenvalue weighted by molar-refractivity contribution is 0.558. The first kappa shape index (κ1) is 13.7. The normalized spacial score (nSPS) is 18.8. The van der Waals surface area contributed by atoms with Gasteiger partial charge in [-0.1, -0.05) is 6.07 Å². The number of hydrogen-bond acceptors (Lipinski definition) is 5. The number of aromatic nitrogens is 1. The minimum absolute atomic E-state index is 0.295. The van der Waals surface area contributed by atoms with Crippen molar-refractivity contribution in [3.63, 3.8) is 0 Å². The van der Waals surface area contributed by atoms with Gasteiger partial charge in [0.25, 0.3) is 0 Å². The molecule has 1 aromatic heterocycles. The first-order valence-electron chi connectivity index (χ1n) is 6.59. The largest absolute Gasteiger partial charge is 0.330 e. The predicted molar refractivity (Wildman–Crippen MR) is 78.7 cm³/mol. The molecule has 0 bridgehead atoms. The van der Waals surface area contributed by atoms with Crippen LogP contribution in [0, 0.1) is 0 Å². The van der Waals surface area contributed by atoms with Crippen LogP contribution >= 0.6 is 11.3 Å². The Kier molecular flexibility index (Phi) is 3.62. The smallest absolute Gasteiger partial charge is 0.217 e. The zero-order valence-corrected chi connectivity index (χ0v) is 12.6. The molecule has 0 spiro atoms. The molecule has 0 saturated heterocycles. The van der Waals surface area contributed by atoms with Gasteiger partial charge in [0.2, 0.25) is 9.84 Å². The van der Waals surface area contributed by atoms with E-state index < -0.39 is 9.84 Å². The fourth-order valence-corrected chi connectivity index (χ4v) is 5.00. The first-order valence-corrected chi connectivity index (χ1v) is 8.95. The molecule has 20 heavy (non-hydrogen) atoms. The van der Waals surface area contributed by atoms with Crippen LogP contribution in [-0.4, -0.2) is 19.9 Å². The van der Waals surface area contributed by atoms with Gasteiger partial charge < -0.3 is 5.73 Å². The number of aryl methyl sites for hydroxylation is 1. The highest BCUT2D eigenvalue weighted by Crippen LogP contribution is 2.33. The Morgan fingerprint density at radius 1 is 1.40 bits per heavy atom. The second-order valence-electron chi connectivity index (χ2n) is 5.01. The molecule has 0 radical (unpaired) electrons. The van der Waals surface area contributed by atoms with Gasteiger partial charge in [-0.05, 0) is 55.0 Å². The van der Waals surface area contributed by atoms with Gasteiger partial charge in [0.1, 0.15) is 4.21 Å². The second-order valence-corrected chi connectivity index (χ2v) is 8.07. The Morgan fingerprint density at radius 2 is 2.25 bits per heavy atom. The number of nitrogens with two attached hydrogens (primary N) is 1. The summed E-state index contributed by atoms with van der Waals surface area (Å²) >= 11 is 1.15. The minimum Gasteiger partial charge on any atom is -0.330 e. The molecule has 4 nitrogen and oxygen atoms in total. The maximum atomic E-state index is 12.5. The van der Waals surface area contributed by atoms with E-state index in [0.717, 1.165) is 36.2 Å². The van der Waals surface area contributed by atoms with Crippen LogP contribution in [0.15, 0.2) is 39.0 Å². The van der Waals surface area contributed by atoms with Gasteiger partial charge in [0.05, 0.1) is 16.6 Å². The number of hydrogen-bond donors (Lipinski definition) is 1. The molecule has 3 rings (SSSR count). The molecule has 1 atom stereocenters. The quantitative estimate of drug-likeness (QED) is 0.944. The molecular weight excluding hydrogens is 292 g/mol. The monoisotopic (exact) mass is 308 g/mol. The maximum absolute atomic E-state index is 12.5. The molecule has 2 aromatic rings. The van der Waals surface area contributed by atoms with Gasteiger partial charge >= 0.3 is 0 Å². The third-order valence-corrected chi connectivity index (χ3v) is 6.84. The third kappa shape index (κ3) is 2.28. The highest BCUT2D eigenvalue weighted by Gasteiger charge is 2.24. The fraction of sp³-hybridized carbons (Fsp3) is 0.357. The predicted octanol–water partition coefficient (Wildman–Crippen LogP) is 2.35. The van der Waals surface area contributed by atoms with Crippen molar-refractivity contribution in [3.05, 3.63) is 41.0 Å². The lowest BCUT2D eigenvalue weighted by Gasteiger charge is -2.24. The van der Waals surface area contributed by atoms with Crippen molar-refractivity contribution in [2.75, 3.05) is 6.54 Å². The van der Waals surface area contributed by atoms with E-state index in [4.69, 9.17) is 5.73 Å². The third-order valence-electron chi connectivity index (χ3n) is 3.82. The summed E-state index contributed by atoms with van der Waals surface area (Å²) in [4.78, 5) is 4.21. The lowest BCUT2D eigenvalue weighted by atomic mass is 9.83. The molecule has 0 saturated carbocycles. The SMILES string of the molecule is NCC1CCCc2cc(S(=O)(=O)c3cncs3)ccc21. The number of sulfone groups is 1. The Bertz CT molecular complexity index is 709. The zero-order valence-electron chi connectivity index (χ0n) is 11.0. The maximum Gasteiger partial charge on any atom is 0.217 e. The molecule has 0 amide bonds. The van der Waals surface area contributed by atoms with Gasteiger partial charge in [-0.25, -0.2) is 8.42 Å². The first-order chi connectivity index (χ1) is 9.63. The topological polar surface area (TPSA) is 73.1 Å². The molecular formula is C14H16N2O2S2. The number of benzene rings is 1. The van der Waals surface area contributed by atoms with Crippen LogP contribution in [0.3, 0.4) is 0 Å². The molecule has 1 heterocycles. The summed E-state index contributed by atoms with van der Waals surface area (Å²) in [7, 11) is -3.43. The van der Waals surface area contributed by atoms with Crippen LogP contribution < -0.4 is 5.73 Å². The molecule has 6 heteroatoms. The fourth-order valence-electron chi connectivity index (χ4n) is 2.76. The van der Waals surface area contributed by atoms with Gasteiger partial charge in [0, 0.05) is 0 Å². The van der Waals surface area contributed by atoms with E-state index in [1.807, 2.05) is 12.1 Å². The molecule has 1 aromatic carbocycles. The molecule has 106 valence electrons. The van der Waals surface area contributed by atoms with E-state index in [1.165, 1.54) is 17.3 Å². The molecule has 1 aliphatic carbocycles. The average molecular weight is 308 g/mol. The summed E-state index contributed by atoms with van der Waals surface area (Å²) in [5, 5.41) is 0. The Balaban J connectivity index is 2.05. The standard InChI is InChI=1S/C14H16N2O2S2/c15-7-11-3-1-2-10-6-12(4-5-13(10)11)20(17,18)14-8-16-9-19-14/h4-6,8-9,11H,1-3,7,15H2. The summed E-state index contributed by atoms with van der Waals surface area (Å²) in [5.41, 5.74) is 9.66. The number of thiazole rings is 1. The highest BCUT2D eigenvalue weighted by atomic mass is 32.2. The number of nitrogens with zero attached hydrogens (tertiary/aromatic N) is 1. The van der Waals surface area contributed by atoms with E-state index in [0.29, 0.717) is 21.6 Å². The van der Waals surface area contributed by atoms with Crippen molar-refractivity contribution >= 4 is 21.2 Å². The molecule has 0 fully saturated rings. The summed E-state index contributed by atoms with van der Waals surface area (Å²) in [6.45, 7) is 0.619. The van der Waals surface area contributed by atoms with Crippen molar-refractivity contribution in [3.8, 4) is 0 Å². The second kappa shape index (κ2) is 5.27. The van der Waals surface area contributed by atoms with Crippen LogP contribution in [0.4, 0.5) is 0 Å². The van der Waals surface area contributed by atoms with Crippen LogP contribution in [-0.2, 0) is 16.3 Å². The van der Waals surface area contributed by atoms with E-state index >= 15 is 0 Å². The highest BCUT2D eigenvalue weighted by molar-refractivity contribution is 7.93. The van der Waals surface area contributed by atoms with E-state index in [-0.39, 0.29) is 0 Å². The van der Waals surface area contributed by atoms with Crippen molar-refractivity contribution < 1.29 is 8.42 Å². The van der Waals surface area contributed by atoms with Gasteiger partial charge in [-0.2, -0.15) is 0 Å². The lowest BCUT2D eigenvalue weighted by Crippen LogP contribution is -2.18. The number of rotatable bonds is 3. The average Bonchev–Trinajstić information content (AvgIpc) is 3.01. The summed E-state index contributed by atoms with van der Waals surface area (Å²) in [6.07, 6.45) is 4.49. The van der Waals surface area contributed by atoms with Crippen molar-refractivity contribution in [2.24, 2.45) is 5.73 Å². The van der Waals surface area contributed by atoms with Gasteiger partial charge in [-0.3, -0.25) is 4.98 Å². The van der Waals surface area contributed by atoms with Crippen molar-refractivity contribution in [1.29, 1.82) is 0 Å². The zero-order chi connectivity index (χ0) is 14.2. The Hall–Kier alpha value is -1.24. The van der Waals surface area contributed by atoms with E-state index in [1.54, 1.807) is 6.07 Å². The van der Waals surface area contributed by atoms with Crippen LogP contribution in [0.25, 0.3) is 0 Å². The van der Waals surface area contributed by atoms with Crippen LogP contribution in [0.1, 0.15) is 29.9 Å². The summed E-state index contributed by atoms with van der Waals surface area (Å²) < 4.78 is 25.3. The summed E-state index contributed by atoms with van der Waals surface area (Å²) in [6, 6.07) is 5.44. The van der Waals surface area contributed by atoms with E-state index in [9.17, 15) is 8.42 Å². The molecule has 0 aliphatic heterocycles. The van der Waals surface area contributed by atoms with Gasteiger partial charge in [0.15, 0.2) is 0 Å². The molecule has 2 N–H and O–H groups in total. The summed E-state index contributed by atoms with van der Waals surface area (Å²) in [5.74, 6) is 0.360. The van der Waals surface area contributed by atoms with Gasteiger partial charge in [-0.15, -0.1) is 11.3 Å². The van der Waals surface area contributed by atoms with Crippen molar-refractivity contribution in [1.82, 2.24) is 4.98 Å². The van der Waals surface area contributed by atoms with Crippen LogP contribution in [0.2, 0.25) is 0 Å². The van der Waals surface area contributed by atoms with Crippen LogP contribution in [0.5, 0.6) is 0 Å². The minimum atomic E-state index is -3.43.